The van der Waals surface area contributed by atoms with Crippen molar-refractivity contribution in [3.05, 3.63) is 13.2 Å². The van der Waals surface area contributed by atoms with E-state index in [1.807, 2.05) is 13.8 Å². The molecule has 0 unspecified atom stereocenters. The van der Waals surface area contributed by atoms with Crippen molar-refractivity contribution in [1.82, 2.24) is 0 Å². The Labute approximate surface area is 66.3 Å². The lowest BCUT2D eigenvalue weighted by molar-refractivity contribution is 0.307. The molecule has 0 radical (unpaired) electrons. The van der Waals surface area contributed by atoms with E-state index in [1.54, 1.807) is 0 Å². The summed E-state index contributed by atoms with van der Waals surface area (Å²) in [5.41, 5.74) is 0. The molecule has 1 aliphatic rings. The summed E-state index contributed by atoms with van der Waals surface area (Å²) in [6.45, 7) is 12.3. The van der Waals surface area contributed by atoms with E-state index in [0.29, 0.717) is 0 Å². The Kier molecular flexibility index (Phi) is 14.3. The van der Waals surface area contributed by atoms with E-state index < -0.39 is 0 Å². The second kappa shape index (κ2) is 11.5. The lowest BCUT2D eigenvalue weighted by Crippen LogP contribution is -2.08. The average molecular weight is 142 g/mol. The van der Waals surface area contributed by atoms with E-state index in [0.717, 1.165) is 5.92 Å². The summed E-state index contributed by atoms with van der Waals surface area (Å²) in [5.74, 6) is 1.12. The van der Waals surface area contributed by atoms with Crippen LogP contribution in [0.1, 0.15) is 46.5 Å². The topological polar surface area (TPSA) is 0 Å². The summed E-state index contributed by atoms with van der Waals surface area (Å²) in [7, 11) is 0. The van der Waals surface area contributed by atoms with Gasteiger partial charge in [0.2, 0.25) is 0 Å². The van der Waals surface area contributed by atoms with Gasteiger partial charge < -0.3 is 0 Å². The van der Waals surface area contributed by atoms with E-state index in [4.69, 9.17) is 0 Å². The molecule has 0 bridgehead atoms. The first-order valence-electron chi connectivity index (χ1n) is 4.43. The molecule has 62 valence electrons. The minimum Gasteiger partial charge on any atom is -0.106 e. The molecule has 0 aromatic rings. The van der Waals surface area contributed by atoms with Crippen LogP contribution in [0.2, 0.25) is 0 Å². The highest BCUT2D eigenvalue weighted by Gasteiger charge is 2.13. The highest BCUT2D eigenvalue weighted by atomic mass is 14.2. The van der Waals surface area contributed by atoms with Gasteiger partial charge in [0.05, 0.1) is 0 Å². The van der Waals surface area contributed by atoms with Gasteiger partial charge in [0, 0.05) is 0 Å². The molecule has 0 aromatic carbocycles. The fourth-order valence-corrected chi connectivity index (χ4v) is 0.901. The van der Waals surface area contributed by atoms with E-state index in [1.165, 1.54) is 25.7 Å². The Bertz CT molecular complexity index is 41.2. The normalized spacial score (nSPS) is 15.1. The maximum Gasteiger partial charge on any atom is -0.0417 e. The van der Waals surface area contributed by atoms with Gasteiger partial charge in [-0.3, -0.25) is 0 Å². The summed E-state index contributed by atoms with van der Waals surface area (Å²) in [6, 6.07) is 0. The Morgan fingerprint density at radius 2 is 1.60 bits per heavy atom. The molecule has 1 aliphatic carbocycles. The summed E-state index contributed by atoms with van der Waals surface area (Å²) in [6.07, 6.45) is 5.94. The van der Waals surface area contributed by atoms with Crippen LogP contribution in [0.3, 0.4) is 0 Å². The first-order chi connectivity index (χ1) is 4.93. The van der Waals surface area contributed by atoms with Gasteiger partial charge in [0.1, 0.15) is 0 Å². The number of hydrogen-bond acceptors (Lipinski definition) is 0. The van der Waals surface area contributed by atoms with Crippen molar-refractivity contribution in [2.75, 3.05) is 0 Å². The molecule has 1 rings (SSSR count). The van der Waals surface area contributed by atoms with Crippen molar-refractivity contribution < 1.29 is 0 Å². The fourth-order valence-electron chi connectivity index (χ4n) is 0.901. The lowest BCUT2D eigenvalue weighted by atomic mass is 9.84. The average Bonchev–Trinajstić information content (AvgIpc) is 1.95. The zero-order chi connectivity index (χ0) is 8.41. The van der Waals surface area contributed by atoms with Gasteiger partial charge in [0.25, 0.3) is 0 Å². The van der Waals surface area contributed by atoms with Crippen molar-refractivity contribution in [3.8, 4) is 0 Å². The van der Waals surface area contributed by atoms with Crippen LogP contribution in [-0.4, -0.2) is 0 Å². The number of hydrogen-bond donors (Lipinski definition) is 0. The Morgan fingerprint density at radius 3 is 1.60 bits per heavy atom. The SMILES string of the molecule is C=C.CC.CCC1CCC1. The molecule has 0 spiro atoms. The van der Waals surface area contributed by atoms with Crippen LogP contribution in [-0.2, 0) is 0 Å². The van der Waals surface area contributed by atoms with Gasteiger partial charge in [0.15, 0.2) is 0 Å². The molecule has 1 fully saturated rings. The first-order valence-corrected chi connectivity index (χ1v) is 4.43. The van der Waals surface area contributed by atoms with Crippen molar-refractivity contribution >= 4 is 0 Å². The van der Waals surface area contributed by atoms with Crippen molar-refractivity contribution in [2.45, 2.75) is 46.5 Å². The Hall–Kier alpha value is -0.260. The van der Waals surface area contributed by atoms with E-state index in [-0.39, 0.29) is 0 Å². The minimum atomic E-state index is 1.12. The van der Waals surface area contributed by atoms with Crippen LogP contribution in [0, 0.1) is 5.92 Å². The monoisotopic (exact) mass is 142 g/mol. The van der Waals surface area contributed by atoms with E-state index >= 15 is 0 Å². The third kappa shape index (κ3) is 5.87. The second-order valence-electron chi connectivity index (χ2n) is 2.21. The number of rotatable bonds is 1. The Balaban J connectivity index is 0. The van der Waals surface area contributed by atoms with Crippen molar-refractivity contribution in [2.24, 2.45) is 5.92 Å². The summed E-state index contributed by atoms with van der Waals surface area (Å²) < 4.78 is 0. The predicted octanol–water partition coefficient (Wildman–Crippen LogP) is 4.02. The summed E-state index contributed by atoms with van der Waals surface area (Å²) in [4.78, 5) is 0. The minimum absolute atomic E-state index is 1.12. The summed E-state index contributed by atoms with van der Waals surface area (Å²) in [5, 5.41) is 0. The third-order valence-electron chi connectivity index (χ3n) is 1.80. The Morgan fingerprint density at radius 1 is 1.20 bits per heavy atom. The zero-order valence-corrected chi connectivity index (χ0v) is 7.82. The predicted molar refractivity (Wildman–Crippen MR) is 50.2 cm³/mol. The highest BCUT2D eigenvalue weighted by molar-refractivity contribution is 4.66. The smallest absolute Gasteiger partial charge is 0.0417 e. The van der Waals surface area contributed by atoms with Gasteiger partial charge in [-0.2, -0.15) is 0 Å². The quantitative estimate of drug-likeness (QED) is 0.485. The molecule has 0 aromatic heterocycles. The van der Waals surface area contributed by atoms with Crippen molar-refractivity contribution in [3.63, 3.8) is 0 Å². The molecule has 0 aliphatic heterocycles. The maximum atomic E-state index is 3.00. The fraction of sp³-hybridized carbons (Fsp3) is 0.800. The molecule has 10 heavy (non-hydrogen) atoms. The molecule has 0 saturated heterocycles. The van der Waals surface area contributed by atoms with E-state index in [2.05, 4.69) is 20.1 Å². The second-order valence-corrected chi connectivity index (χ2v) is 2.21. The standard InChI is InChI=1S/C6H12.C2H6.C2H4/c1-2-6-4-3-5-6;2*1-2/h6H,2-5H2,1H3;1-2H3;1-2H2. The van der Waals surface area contributed by atoms with Gasteiger partial charge >= 0.3 is 0 Å². The molecule has 0 nitrogen and oxygen atoms in total. The van der Waals surface area contributed by atoms with Crippen molar-refractivity contribution in [1.29, 1.82) is 0 Å². The molecule has 1 saturated carbocycles. The van der Waals surface area contributed by atoms with Crippen LogP contribution in [0.15, 0.2) is 13.2 Å². The van der Waals surface area contributed by atoms with Gasteiger partial charge in [-0.1, -0.05) is 46.5 Å². The largest absolute Gasteiger partial charge is 0.106 e. The summed E-state index contributed by atoms with van der Waals surface area (Å²) >= 11 is 0. The van der Waals surface area contributed by atoms with Gasteiger partial charge in [-0.05, 0) is 5.92 Å². The molecule has 0 heterocycles. The van der Waals surface area contributed by atoms with E-state index in [9.17, 15) is 0 Å². The van der Waals surface area contributed by atoms with Gasteiger partial charge in [-0.15, -0.1) is 13.2 Å². The molecular weight excluding hydrogens is 120 g/mol. The van der Waals surface area contributed by atoms with Crippen LogP contribution < -0.4 is 0 Å². The van der Waals surface area contributed by atoms with Gasteiger partial charge in [-0.25, -0.2) is 0 Å². The first kappa shape index (κ1) is 12.4. The molecule has 0 amide bonds. The molecule has 0 N–H and O–H groups in total. The van der Waals surface area contributed by atoms with Crippen LogP contribution in [0.25, 0.3) is 0 Å². The molecule has 0 atom stereocenters. The zero-order valence-electron chi connectivity index (χ0n) is 7.82. The lowest BCUT2D eigenvalue weighted by Gasteiger charge is -2.22. The van der Waals surface area contributed by atoms with Crippen LogP contribution in [0.4, 0.5) is 0 Å². The highest BCUT2D eigenvalue weighted by Crippen LogP contribution is 2.28. The molecular formula is C10H22. The van der Waals surface area contributed by atoms with Crippen LogP contribution >= 0.6 is 0 Å². The third-order valence-corrected chi connectivity index (χ3v) is 1.80. The molecule has 0 heteroatoms. The van der Waals surface area contributed by atoms with Crippen LogP contribution in [0.5, 0.6) is 0 Å². The maximum absolute atomic E-state index is 3.00.